The molecule has 1 amide bonds. The molecule has 1 rings (SSSR count). The molecule has 0 aliphatic rings. The molecular formula is C14H24N2O2. The zero-order valence-corrected chi connectivity index (χ0v) is 11.9. The van der Waals surface area contributed by atoms with Crippen molar-refractivity contribution in [3.63, 3.8) is 0 Å². The monoisotopic (exact) mass is 252 g/mol. The van der Waals surface area contributed by atoms with E-state index in [1.165, 1.54) is 19.3 Å². The van der Waals surface area contributed by atoms with E-state index < -0.39 is 0 Å². The second kappa shape index (κ2) is 7.19. The summed E-state index contributed by atoms with van der Waals surface area (Å²) in [6.45, 7) is 7.04. The normalized spacial score (nSPS) is 12.4. The van der Waals surface area contributed by atoms with Crippen LogP contribution in [0, 0.1) is 12.8 Å². The molecule has 1 aromatic rings. The van der Waals surface area contributed by atoms with Crippen molar-refractivity contribution in [2.75, 3.05) is 13.6 Å². The van der Waals surface area contributed by atoms with Gasteiger partial charge in [0.2, 0.25) is 0 Å². The Kier molecular flexibility index (Phi) is 5.89. The zero-order chi connectivity index (χ0) is 13.5. The molecule has 0 spiro atoms. The van der Waals surface area contributed by atoms with Crippen LogP contribution in [0.15, 0.2) is 10.6 Å². The van der Waals surface area contributed by atoms with Crippen LogP contribution >= 0.6 is 0 Å². The van der Waals surface area contributed by atoms with E-state index in [-0.39, 0.29) is 5.91 Å². The Labute approximate surface area is 109 Å². The van der Waals surface area contributed by atoms with Gasteiger partial charge in [0.25, 0.3) is 5.91 Å². The first-order valence-electron chi connectivity index (χ1n) is 6.73. The number of carbonyl (C=O) groups excluding carboxylic acids is 1. The Morgan fingerprint density at radius 2 is 2.22 bits per heavy atom. The Bertz CT molecular complexity index is 374. The molecule has 0 bridgehead atoms. The lowest BCUT2D eigenvalue weighted by Crippen LogP contribution is -2.28. The number of aryl methyl sites for hydroxylation is 1. The van der Waals surface area contributed by atoms with Gasteiger partial charge in [-0.05, 0) is 25.7 Å². The van der Waals surface area contributed by atoms with Gasteiger partial charge in [-0.3, -0.25) is 4.79 Å². The van der Waals surface area contributed by atoms with Gasteiger partial charge < -0.3 is 9.42 Å². The first-order valence-corrected chi connectivity index (χ1v) is 6.73. The van der Waals surface area contributed by atoms with Gasteiger partial charge in [0.05, 0.1) is 0 Å². The summed E-state index contributed by atoms with van der Waals surface area (Å²) >= 11 is 0. The molecule has 4 heteroatoms. The molecule has 0 saturated carbocycles. The third-order valence-corrected chi connectivity index (χ3v) is 3.17. The lowest BCUT2D eigenvalue weighted by Gasteiger charge is -2.17. The maximum Gasteiger partial charge on any atom is 0.275 e. The summed E-state index contributed by atoms with van der Waals surface area (Å²) in [5.41, 5.74) is 0.400. The molecule has 0 aliphatic carbocycles. The van der Waals surface area contributed by atoms with E-state index in [2.05, 4.69) is 19.0 Å². The summed E-state index contributed by atoms with van der Waals surface area (Å²) < 4.78 is 4.91. The standard InChI is InChI=1S/C14H24N2O2/c1-5-7-11(2)8-6-9-16(4)14(17)13-10-12(3)18-15-13/h10-11H,5-9H2,1-4H3. The van der Waals surface area contributed by atoms with Gasteiger partial charge >= 0.3 is 0 Å². The average Bonchev–Trinajstić information content (AvgIpc) is 2.75. The van der Waals surface area contributed by atoms with Crippen molar-refractivity contribution in [3.8, 4) is 0 Å². The van der Waals surface area contributed by atoms with Crippen molar-refractivity contribution in [3.05, 3.63) is 17.5 Å². The van der Waals surface area contributed by atoms with Crippen LogP contribution in [-0.2, 0) is 0 Å². The molecule has 0 aliphatic heterocycles. The van der Waals surface area contributed by atoms with Gasteiger partial charge in [-0.15, -0.1) is 0 Å². The van der Waals surface area contributed by atoms with Crippen LogP contribution in [-0.4, -0.2) is 29.6 Å². The van der Waals surface area contributed by atoms with Crippen molar-refractivity contribution in [1.29, 1.82) is 0 Å². The number of carbonyl (C=O) groups is 1. The molecular weight excluding hydrogens is 228 g/mol. The molecule has 18 heavy (non-hydrogen) atoms. The predicted octanol–water partition coefficient (Wildman–Crippen LogP) is 3.27. The summed E-state index contributed by atoms with van der Waals surface area (Å²) in [5, 5.41) is 3.74. The summed E-state index contributed by atoms with van der Waals surface area (Å²) in [6.07, 6.45) is 4.71. The molecule has 0 aromatic carbocycles. The van der Waals surface area contributed by atoms with Crippen molar-refractivity contribution < 1.29 is 9.32 Å². The molecule has 0 fully saturated rings. The van der Waals surface area contributed by atoms with E-state index >= 15 is 0 Å². The average molecular weight is 252 g/mol. The fourth-order valence-corrected chi connectivity index (χ4v) is 2.08. The van der Waals surface area contributed by atoms with E-state index in [1.54, 1.807) is 17.9 Å². The fraction of sp³-hybridized carbons (Fsp3) is 0.714. The number of nitrogens with zero attached hydrogens (tertiary/aromatic N) is 2. The van der Waals surface area contributed by atoms with E-state index in [1.807, 2.05) is 7.05 Å². The Morgan fingerprint density at radius 3 is 2.78 bits per heavy atom. The van der Waals surface area contributed by atoms with E-state index in [9.17, 15) is 4.79 Å². The zero-order valence-electron chi connectivity index (χ0n) is 11.9. The Morgan fingerprint density at radius 1 is 1.50 bits per heavy atom. The molecule has 0 N–H and O–H groups in total. The van der Waals surface area contributed by atoms with Gasteiger partial charge in [0, 0.05) is 19.7 Å². The highest BCUT2D eigenvalue weighted by molar-refractivity contribution is 5.92. The van der Waals surface area contributed by atoms with Crippen LogP contribution in [0.4, 0.5) is 0 Å². The van der Waals surface area contributed by atoms with Gasteiger partial charge in [-0.2, -0.15) is 0 Å². The topological polar surface area (TPSA) is 46.3 Å². The summed E-state index contributed by atoms with van der Waals surface area (Å²) in [7, 11) is 1.82. The SMILES string of the molecule is CCCC(C)CCCN(C)C(=O)c1cc(C)on1. The second-order valence-electron chi connectivity index (χ2n) is 5.09. The number of aromatic nitrogens is 1. The molecule has 1 heterocycles. The van der Waals surface area contributed by atoms with Crippen molar-refractivity contribution in [2.24, 2.45) is 5.92 Å². The highest BCUT2D eigenvalue weighted by Crippen LogP contribution is 2.13. The van der Waals surface area contributed by atoms with E-state index in [4.69, 9.17) is 4.52 Å². The first kappa shape index (κ1) is 14.7. The molecule has 1 atom stereocenters. The molecule has 1 unspecified atom stereocenters. The summed E-state index contributed by atoms with van der Waals surface area (Å²) in [4.78, 5) is 13.7. The number of hydrogen-bond donors (Lipinski definition) is 0. The predicted molar refractivity (Wildman–Crippen MR) is 71.5 cm³/mol. The van der Waals surface area contributed by atoms with Gasteiger partial charge in [-0.25, -0.2) is 0 Å². The van der Waals surface area contributed by atoms with Gasteiger partial charge in [-0.1, -0.05) is 31.8 Å². The lowest BCUT2D eigenvalue weighted by atomic mass is 10.0. The highest BCUT2D eigenvalue weighted by atomic mass is 16.5. The second-order valence-corrected chi connectivity index (χ2v) is 5.09. The molecule has 4 nitrogen and oxygen atoms in total. The van der Waals surface area contributed by atoms with Crippen LogP contribution in [0.1, 0.15) is 55.8 Å². The van der Waals surface area contributed by atoms with Crippen LogP contribution in [0.25, 0.3) is 0 Å². The smallest absolute Gasteiger partial charge is 0.275 e. The molecule has 102 valence electrons. The van der Waals surface area contributed by atoms with Crippen molar-refractivity contribution in [2.45, 2.75) is 46.5 Å². The summed E-state index contributed by atoms with van der Waals surface area (Å²) in [5.74, 6) is 1.35. The number of rotatable bonds is 7. The highest BCUT2D eigenvalue weighted by Gasteiger charge is 2.15. The van der Waals surface area contributed by atoms with Gasteiger partial charge in [0.15, 0.2) is 5.69 Å². The third kappa shape index (κ3) is 4.51. The Balaban J connectivity index is 2.32. The van der Waals surface area contributed by atoms with Gasteiger partial charge in [0.1, 0.15) is 5.76 Å². The molecule has 0 radical (unpaired) electrons. The maximum absolute atomic E-state index is 12.0. The molecule has 0 saturated heterocycles. The van der Waals surface area contributed by atoms with Crippen LogP contribution in [0.5, 0.6) is 0 Å². The minimum atomic E-state index is -0.0602. The molecule has 1 aromatic heterocycles. The van der Waals surface area contributed by atoms with Crippen LogP contribution in [0.3, 0.4) is 0 Å². The number of hydrogen-bond acceptors (Lipinski definition) is 3. The van der Waals surface area contributed by atoms with Crippen LogP contribution in [0.2, 0.25) is 0 Å². The third-order valence-electron chi connectivity index (χ3n) is 3.17. The number of amides is 1. The lowest BCUT2D eigenvalue weighted by molar-refractivity contribution is 0.0780. The largest absolute Gasteiger partial charge is 0.361 e. The van der Waals surface area contributed by atoms with Crippen molar-refractivity contribution in [1.82, 2.24) is 10.1 Å². The van der Waals surface area contributed by atoms with Crippen LogP contribution < -0.4 is 0 Å². The van der Waals surface area contributed by atoms with E-state index in [0.717, 1.165) is 18.9 Å². The Hall–Kier alpha value is -1.32. The summed E-state index contributed by atoms with van der Waals surface area (Å²) in [6, 6.07) is 1.68. The van der Waals surface area contributed by atoms with Crippen molar-refractivity contribution >= 4 is 5.91 Å². The quantitative estimate of drug-likeness (QED) is 0.748. The maximum atomic E-state index is 12.0. The van der Waals surface area contributed by atoms with E-state index in [0.29, 0.717) is 11.5 Å². The minimum Gasteiger partial charge on any atom is -0.361 e. The first-order chi connectivity index (χ1) is 8.54. The fourth-order valence-electron chi connectivity index (χ4n) is 2.08. The minimum absolute atomic E-state index is 0.0602.